The van der Waals surface area contributed by atoms with E-state index < -0.39 is 0 Å². The lowest BCUT2D eigenvalue weighted by molar-refractivity contribution is -0.118. The minimum atomic E-state index is -0.0151. The summed E-state index contributed by atoms with van der Waals surface area (Å²) in [6.45, 7) is 5.13. The number of nitrogens with two attached hydrogens (primary N) is 1. The second kappa shape index (κ2) is 9.14. The zero-order valence-corrected chi connectivity index (χ0v) is 15.0. The minimum absolute atomic E-state index is 0. The van der Waals surface area contributed by atoms with Crippen LogP contribution in [0.3, 0.4) is 0 Å². The maximum absolute atomic E-state index is 12.5. The zero-order valence-electron chi connectivity index (χ0n) is 14.2. The van der Waals surface area contributed by atoms with Gasteiger partial charge in [0.2, 0.25) is 5.91 Å². The first kappa shape index (κ1) is 19.8. The quantitative estimate of drug-likeness (QED) is 0.821. The van der Waals surface area contributed by atoms with E-state index >= 15 is 0 Å². The third-order valence-electron chi connectivity index (χ3n) is 4.59. The lowest BCUT2D eigenvalue weighted by atomic mass is 9.71. The molecule has 0 atom stereocenters. The van der Waals surface area contributed by atoms with Crippen molar-refractivity contribution in [1.29, 1.82) is 0 Å². The first-order valence-corrected chi connectivity index (χ1v) is 8.32. The number of aryl methyl sites for hydroxylation is 1. The second-order valence-corrected chi connectivity index (χ2v) is 6.42. The number of rotatable bonds is 6. The molecule has 0 radical (unpaired) electrons. The van der Waals surface area contributed by atoms with E-state index in [0.29, 0.717) is 19.6 Å². The van der Waals surface area contributed by atoms with Crippen LogP contribution in [-0.2, 0) is 4.79 Å². The Balaban J connectivity index is 0.00000264. The molecule has 0 aromatic heterocycles. The molecule has 0 spiro atoms. The molecule has 1 aromatic carbocycles. The largest absolute Gasteiger partial charge is 0.492 e. The standard InChI is InChI=1S/C18H28N2O2.ClH/c1-3-22-16-11-14(2)7-8-15(16)20-17(21)12-18(13-19)9-5-4-6-10-18;/h7-8,11H,3-6,9-10,12-13,19H2,1-2H3,(H,20,21);1H. The minimum Gasteiger partial charge on any atom is -0.492 e. The number of hydrogen-bond donors (Lipinski definition) is 2. The molecule has 0 heterocycles. The molecule has 23 heavy (non-hydrogen) atoms. The van der Waals surface area contributed by atoms with Crippen LogP contribution in [0.1, 0.15) is 51.0 Å². The number of anilines is 1. The second-order valence-electron chi connectivity index (χ2n) is 6.42. The summed E-state index contributed by atoms with van der Waals surface area (Å²) in [6, 6.07) is 5.85. The predicted molar refractivity (Wildman–Crippen MR) is 97.4 cm³/mol. The molecule has 130 valence electrons. The predicted octanol–water partition coefficient (Wildman–Crippen LogP) is 4.05. The highest BCUT2D eigenvalue weighted by Crippen LogP contribution is 2.38. The van der Waals surface area contributed by atoms with Gasteiger partial charge in [-0.1, -0.05) is 25.3 Å². The Labute approximate surface area is 145 Å². The molecule has 4 nitrogen and oxygen atoms in total. The van der Waals surface area contributed by atoms with Crippen LogP contribution in [0.2, 0.25) is 0 Å². The van der Waals surface area contributed by atoms with Gasteiger partial charge in [0.15, 0.2) is 0 Å². The molecule has 0 aliphatic heterocycles. The summed E-state index contributed by atoms with van der Waals surface area (Å²) in [5.74, 6) is 0.776. The smallest absolute Gasteiger partial charge is 0.225 e. The van der Waals surface area contributed by atoms with E-state index in [9.17, 15) is 4.79 Å². The Bertz CT molecular complexity index is 514. The van der Waals surface area contributed by atoms with Gasteiger partial charge in [0.05, 0.1) is 12.3 Å². The molecule has 2 rings (SSSR count). The number of ether oxygens (including phenoxy) is 1. The highest BCUT2D eigenvalue weighted by molar-refractivity contribution is 5.92. The van der Waals surface area contributed by atoms with E-state index in [1.807, 2.05) is 32.0 Å². The number of amides is 1. The van der Waals surface area contributed by atoms with Crippen LogP contribution in [-0.4, -0.2) is 19.1 Å². The van der Waals surface area contributed by atoms with Gasteiger partial charge in [0.1, 0.15) is 5.75 Å². The lowest BCUT2D eigenvalue weighted by Crippen LogP contribution is -2.36. The Kier molecular flexibility index (Phi) is 7.86. The number of hydrogen-bond acceptors (Lipinski definition) is 3. The SMILES string of the molecule is CCOc1cc(C)ccc1NC(=O)CC1(CN)CCCCC1.Cl. The molecule has 1 aliphatic carbocycles. The molecule has 0 bridgehead atoms. The van der Waals surface area contributed by atoms with Crippen LogP contribution in [0.15, 0.2) is 18.2 Å². The molecule has 5 heteroatoms. The van der Waals surface area contributed by atoms with Gasteiger partial charge in [0, 0.05) is 6.42 Å². The van der Waals surface area contributed by atoms with Crippen molar-refractivity contribution < 1.29 is 9.53 Å². The number of nitrogens with one attached hydrogen (secondary N) is 1. The van der Waals surface area contributed by atoms with Gasteiger partial charge in [0.25, 0.3) is 0 Å². The van der Waals surface area contributed by atoms with Crippen molar-refractivity contribution in [2.75, 3.05) is 18.5 Å². The average Bonchev–Trinajstić information content (AvgIpc) is 2.51. The van der Waals surface area contributed by atoms with Crippen molar-refractivity contribution in [1.82, 2.24) is 0 Å². The van der Waals surface area contributed by atoms with Gasteiger partial charge in [-0.3, -0.25) is 4.79 Å². The molecular formula is C18H29ClN2O2. The summed E-state index contributed by atoms with van der Waals surface area (Å²) < 4.78 is 5.62. The lowest BCUT2D eigenvalue weighted by Gasteiger charge is -2.35. The number of carbonyl (C=O) groups is 1. The van der Waals surface area contributed by atoms with Crippen LogP contribution in [0, 0.1) is 12.3 Å². The molecule has 1 aliphatic rings. The van der Waals surface area contributed by atoms with Crippen LogP contribution < -0.4 is 15.8 Å². The topological polar surface area (TPSA) is 64.3 Å². The Morgan fingerprint density at radius 2 is 2.00 bits per heavy atom. The Morgan fingerprint density at radius 1 is 1.30 bits per heavy atom. The first-order chi connectivity index (χ1) is 10.6. The van der Waals surface area contributed by atoms with Crippen LogP contribution >= 0.6 is 12.4 Å². The zero-order chi connectivity index (χ0) is 16.0. The Morgan fingerprint density at radius 3 is 2.61 bits per heavy atom. The average molecular weight is 341 g/mol. The van der Waals surface area contributed by atoms with E-state index in [1.165, 1.54) is 19.3 Å². The van der Waals surface area contributed by atoms with Crippen molar-refractivity contribution in [3.63, 3.8) is 0 Å². The molecule has 0 unspecified atom stereocenters. The van der Waals surface area contributed by atoms with Gasteiger partial charge < -0.3 is 15.8 Å². The first-order valence-electron chi connectivity index (χ1n) is 8.32. The van der Waals surface area contributed by atoms with Crippen LogP contribution in [0.5, 0.6) is 5.75 Å². The van der Waals surface area contributed by atoms with Gasteiger partial charge >= 0.3 is 0 Å². The summed E-state index contributed by atoms with van der Waals surface area (Å²) in [4.78, 5) is 12.5. The molecule has 1 saturated carbocycles. The summed E-state index contributed by atoms with van der Waals surface area (Å²) in [5, 5.41) is 3.01. The number of benzene rings is 1. The monoisotopic (exact) mass is 340 g/mol. The maximum atomic E-state index is 12.5. The number of halogens is 1. The Hall–Kier alpha value is -1.26. The van der Waals surface area contributed by atoms with E-state index in [0.717, 1.165) is 29.8 Å². The third kappa shape index (κ3) is 5.40. The molecule has 1 amide bonds. The van der Waals surface area contributed by atoms with Gasteiger partial charge in [-0.2, -0.15) is 0 Å². The van der Waals surface area contributed by atoms with E-state index in [1.54, 1.807) is 0 Å². The molecule has 1 fully saturated rings. The van der Waals surface area contributed by atoms with E-state index in [-0.39, 0.29) is 23.7 Å². The normalized spacial score (nSPS) is 16.3. The third-order valence-corrected chi connectivity index (χ3v) is 4.59. The van der Waals surface area contributed by atoms with Crippen molar-refractivity contribution in [2.45, 2.75) is 52.4 Å². The fraction of sp³-hybridized carbons (Fsp3) is 0.611. The summed E-state index contributed by atoms with van der Waals surface area (Å²) in [7, 11) is 0. The maximum Gasteiger partial charge on any atom is 0.225 e. The molecule has 3 N–H and O–H groups in total. The fourth-order valence-electron chi connectivity index (χ4n) is 3.30. The molecule has 1 aromatic rings. The summed E-state index contributed by atoms with van der Waals surface area (Å²) >= 11 is 0. The van der Waals surface area contributed by atoms with Gasteiger partial charge in [-0.05, 0) is 56.3 Å². The van der Waals surface area contributed by atoms with E-state index in [2.05, 4.69) is 5.32 Å². The molecular weight excluding hydrogens is 312 g/mol. The van der Waals surface area contributed by atoms with Crippen molar-refractivity contribution in [2.24, 2.45) is 11.1 Å². The van der Waals surface area contributed by atoms with Crippen molar-refractivity contribution >= 4 is 24.0 Å². The summed E-state index contributed by atoms with van der Waals surface area (Å²) in [5.41, 5.74) is 7.83. The van der Waals surface area contributed by atoms with Crippen LogP contribution in [0.25, 0.3) is 0 Å². The highest BCUT2D eigenvalue weighted by Gasteiger charge is 2.33. The summed E-state index contributed by atoms with van der Waals surface area (Å²) in [6.07, 6.45) is 6.24. The van der Waals surface area contributed by atoms with Crippen molar-refractivity contribution in [3.05, 3.63) is 23.8 Å². The van der Waals surface area contributed by atoms with E-state index in [4.69, 9.17) is 10.5 Å². The molecule has 0 saturated heterocycles. The van der Waals surface area contributed by atoms with Gasteiger partial charge in [-0.15, -0.1) is 12.4 Å². The highest BCUT2D eigenvalue weighted by atomic mass is 35.5. The van der Waals surface area contributed by atoms with Gasteiger partial charge in [-0.25, -0.2) is 0 Å². The fourth-order valence-corrected chi connectivity index (χ4v) is 3.30. The van der Waals surface area contributed by atoms with Crippen molar-refractivity contribution in [3.8, 4) is 5.75 Å². The van der Waals surface area contributed by atoms with Crippen LogP contribution in [0.4, 0.5) is 5.69 Å². The number of carbonyl (C=O) groups excluding carboxylic acids is 1.